The number of ether oxygens (including phenoxy) is 2. The zero-order chi connectivity index (χ0) is 8.36. The van der Waals surface area contributed by atoms with E-state index < -0.39 is 0 Å². The van der Waals surface area contributed by atoms with Gasteiger partial charge in [0.1, 0.15) is 6.79 Å². The van der Waals surface area contributed by atoms with Crippen molar-refractivity contribution in [3.8, 4) is 0 Å². The quantitative estimate of drug-likeness (QED) is 0.161. The molecule has 0 unspecified atom stereocenters. The maximum Gasteiger partial charge on any atom is 1.00 e. The van der Waals surface area contributed by atoms with E-state index in [0.29, 0.717) is 13.4 Å². The molecule has 0 atom stereocenters. The fourth-order valence-corrected chi connectivity index (χ4v) is 0.588. The third-order valence-corrected chi connectivity index (χ3v) is 1.13. The Morgan fingerprint density at radius 3 is 2.58 bits per heavy atom. The van der Waals surface area contributed by atoms with E-state index in [9.17, 15) is 0 Å². The van der Waals surface area contributed by atoms with E-state index in [1.807, 2.05) is 13.0 Å². The first-order valence-electron chi connectivity index (χ1n) is 4.01. The van der Waals surface area contributed by atoms with Crippen molar-refractivity contribution in [1.82, 2.24) is 0 Å². The minimum Gasteiger partial charge on any atom is -0.356 e. The third-order valence-electron chi connectivity index (χ3n) is 1.13. The maximum atomic E-state index is 5.13. The molecule has 0 amide bonds. The molecule has 0 saturated carbocycles. The normalized spacial score (nSPS) is 10.2. The van der Waals surface area contributed by atoms with Gasteiger partial charge in [0.05, 0.1) is 6.61 Å². The molecular weight excluding hydrogens is 147 g/mol. The van der Waals surface area contributed by atoms with Crippen molar-refractivity contribution in [2.24, 2.45) is 0 Å². The zero-order valence-corrected chi connectivity index (χ0v) is 8.21. The van der Waals surface area contributed by atoms with Crippen LogP contribution in [0.1, 0.15) is 19.8 Å². The molecule has 3 heteroatoms. The summed E-state index contributed by atoms with van der Waals surface area (Å²) in [5, 5.41) is 0. The van der Waals surface area contributed by atoms with Crippen LogP contribution in [-0.2, 0) is 9.47 Å². The summed E-state index contributed by atoms with van der Waals surface area (Å²) in [5.74, 6) is 0. The Bertz CT molecular complexity index is 94.5. The first-order chi connectivity index (χ1) is 5.41. The predicted molar refractivity (Wildman–Crippen MR) is 46.2 cm³/mol. The van der Waals surface area contributed by atoms with Crippen molar-refractivity contribution >= 4 is 0 Å². The van der Waals surface area contributed by atoms with E-state index in [-0.39, 0.29) is 18.9 Å². The molecule has 0 N–H and O–H groups in total. The fourth-order valence-electron chi connectivity index (χ4n) is 0.588. The summed E-state index contributed by atoms with van der Waals surface area (Å²) >= 11 is 0. The monoisotopic (exact) mass is 164 g/mol. The molecule has 0 saturated heterocycles. The maximum absolute atomic E-state index is 5.13. The minimum absolute atomic E-state index is 0. The molecule has 2 nitrogen and oxygen atoms in total. The summed E-state index contributed by atoms with van der Waals surface area (Å²) in [6.07, 6.45) is 5.90. The summed E-state index contributed by atoms with van der Waals surface area (Å²) in [6, 6.07) is 0. The van der Waals surface area contributed by atoms with Crippen molar-refractivity contribution in [3.63, 3.8) is 0 Å². The molecule has 0 aliphatic rings. The Labute approximate surface area is 87.5 Å². The number of hydrogen-bond donors (Lipinski definition) is 0. The van der Waals surface area contributed by atoms with Crippen molar-refractivity contribution in [1.29, 1.82) is 0 Å². The van der Waals surface area contributed by atoms with Gasteiger partial charge in [0.25, 0.3) is 0 Å². The first-order valence-corrected chi connectivity index (χ1v) is 4.01. The Kier molecular flexibility index (Phi) is 17.0. The van der Waals surface area contributed by atoms with Gasteiger partial charge in [-0.25, -0.2) is 0 Å². The fraction of sp³-hybridized carbons (Fsp3) is 0.667. The summed E-state index contributed by atoms with van der Waals surface area (Å²) < 4.78 is 10.1. The number of rotatable bonds is 7. The molecule has 0 aliphatic carbocycles. The molecule has 0 radical (unpaired) electrons. The van der Waals surface area contributed by atoms with Crippen LogP contribution in [0.5, 0.6) is 0 Å². The van der Waals surface area contributed by atoms with Gasteiger partial charge in [-0.2, -0.15) is 6.42 Å². The first kappa shape index (κ1) is 14.8. The van der Waals surface area contributed by atoms with E-state index in [0.717, 1.165) is 19.4 Å². The summed E-state index contributed by atoms with van der Waals surface area (Å²) in [6.45, 7) is 7.49. The van der Waals surface area contributed by atoms with Crippen molar-refractivity contribution in [2.45, 2.75) is 19.8 Å². The van der Waals surface area contributed by atoms with Crippen LogP contribution in [0.25, 0.3) is 0 Å². The van der Waals surface area contributed by atoms with Gasteiger partial charge in [-0.15, -0.1) is 6.08 Å². The van der Waals surface area contributed by atoms with Gasteiger partial charge in [0, 0.05) is 6.61 Å². The molecule has 0 fully saturated rings. The topological polar surface area (TPSA) is 18.5 Å². The molecule has 0 spiro atoms. The summed E-state index contributed by atoms with van der Waals surface area (Å²) in [4.78, 5) is 0. The molecule has 0 rings (SSSR count). The van der Waals surface area contributed by atoms with Crippen molar-refractivity contribution in [2.75, 3.05) is 20.0 Å². The van der Waals surface area contributed by atoms with Gasteiger partial charge in [-0.3, -0.25) is 0 Å². The van der Waals surface area contributed by atoms with E-state index in [4.69, 9.17) is 9.47 Å². The Balaban J connectivity index is 0. The second-order valence-corrected chi connectivity index (χ2v) is 2.07. The van der Waals surface area contributed by atoms with E-state index >= 15 is 0 Å². The minimum atomic E-state index is 0. The average molecular weight is 164 g/mol. The predicted octanol–water partition coefficient (Wildman–Crippen LogP) is -0.829. The molecule has 0 aromatic rings. The third kappa shape index (κ3) is 12.9. The Morgan fingerprint density at radius 1 is 1.25 bits per heavy atom. The standard InChI is InChI=1S/C9H17O2.Li/c1-3-5-6-7-8-11-9-10-4-2;/h5-6H,1,3-4,7-9H2,2H3;/q-1;+1. The van der Waals surface area contributed by atoms with Gasteiger partial charge in [0.15, 0.2) is 0 Å². The second kappa shape index (κ2) is 13.8. The van der Waals surface area contributed by atoms with Gasteiger partial charge in [-0.1, -0.05) is 6.08 Å². The van der Waals surface area contributed by atoms with Crippen LogP contribution < -0.4 is 18.9 Å². The molecule has 0 bridgehead atoms. The Morgan fingerprint density at radius 2 is 2.00 bits per heavy atom. The molecule has 0 heterocycles. The molecular formula is C9H17LiO2. The van der Waals surface area contributed by atoms with Crippen LogP contribution in [0.15, 0.2) is 12.2 Å². The molecule has 12 heavy (non-hydrogen) atoms. The van der Waals surface area contributed by atoms with Gasteiger partial charge in [-0.05, 0) is 13.3 Å². The van der Waals surface area contributed by atoms with E-state index in [1.165, 1.54) is 0 Å². The van der Waals surface area contributed by atoms with Crippen molar-refractivity contribution in [3.05, 3.63) is 19.1 Å². The van der Waals surface area contributed by atoms with E-state index in [1.54, 1.807) is 0 Å². The van der Waals surface area contributed by atoms with Crippen LogP contribution in [0.2, 0.25) is 0 Å². The number of hydrogen-bond acceptors (Lipinski definition) is 2. The van der Waals surface area contributed by atoms with Crippen LogP contribution in [0.3, 0.4) is 0 Å². The zero-order valence-electron chi connectivity index (χ0n) is 8.21. The van der Waals surface area contributed by atoms with Gasteiger partial charge < -0.3 is 16.4 Å². The molecule has 0 aliphatic heterocycles. The van der Waals surface area contributed by atoms with E-state index in [2.05, 4.69) is 13.0 Å². The molecule has 0 aromatic carbocycles. The summed E-state index contributed by atoms with van der Waals surface area (Å²) in [5.41, 5.74) is 0. The molecule has 66 valence electrons. The van der Waals surface area contributed by atoms with Crippen LogP contribution in [-0.4, -0.2) is 20.0 Å². The van der Waals surface area contributed by atoms with Crippen molar-refractivity contribution < 1.29 is 28.3 Å². The average Bonchev–Trinajstić information content (AvgIpc) is 2.03. The van der Waals surface area contributed by atoms with Crippen LogP contribution in [0, 0.1) is 6.92 Å². The second-order valence-electron chi connectivity index (χ2n) is 2.07. The smallest absolute Gasteiger partial charge is 0.356 e. The molecule has 0 aromatic heterocycles. The Hall–Kier alpha value is 0.257. The largest absolute Gasteiger partial charge is 1.00 e. The summed E-state index contributed by atoms with van der Waals surface area (Å²) in [7, 11) is 0. The van der Waals surface area contributed by atoms with Crippen LogP contribution in [0.4, 0.5) is 0 Å². The number of allylic oxidation sites excluding steroid dienone is 1. The van der Waals surface area contributed by atoms with Gasteiger partial charge in [0.2, 0.25) is 0 Å². The SMILES string of the molecule is [CH2-]CC=CCCOCOCC.[Li+]. The van der Waals surface area contributed by atoms with Crippen LogP contribution >= 0.6 is 0 Å². The van der Waals surface area contributed by atoms with Gasteiger partial charge >= 0.3 is 18.9 Å².